The number of ketones is 1. The van der Waals surface area contributed by atoms with Crippen molar-refractivity contribution in [3.05, 3.63) is 58.7 Å². The lowest BCUT2D eigenvalue weighted by atomic mass is 9.81. The van der Waals surface area contributed by atoms with E-state index in [0.717, 1.165) is 16.7 Å². The summed E-state index contributed by atoms with van der Waals surface area (Å²) in [4.78, 5) is 12.4. The molecule has 1 aromatic carbocycles. The van der Waals surface area contributed by atoms with Crippen molar-refractivity contribution < 1.29 is 15.0 Å². The molecule has 0 bridgehead atoms. The van der Waals surface area contributed by atoms with E-state index in [-0.39, 0.29) is 17.6 Å². The summed E-state index contributed by atoms with van der Waals surface area (Å²) in [7, 11) is 0. The van der Waals surface area contributed by atoms with Gasteiger partial charge in [0.25, 0.3) is 0 Å². The van der Waals surface area contributed by atoms with Crippen LogP contribution in [0.3, 0.4) is 0 Å². The van der Waals surface area contributed by atoms with Crippen molar-refractivity contribution in [1.29, 1.82) is 0 Å². The van der Waals surface area contributed by atoms with Crippen LogP contribution in [0.15, 0.2) is 53.1 Å². The standard InChI is InChI=1S/C17H16O3/c18-14-3-1-2-11(9-14)8-13-5-4-12-10-15(19)6-7-16(12)17(13)20/h1-5,8-9,15,18-19H,6-7,10H2. The summed E-state index contributed by atoms with van der Waals surface area (Å²) in [6.45, 7) is 0. The van der Waals surface area contributed by atoms with Crippen LogP contribution in [0.5, 0.6) is 5.75 Å². The smallest absolute Gasteiger partial charge is 0.189 e. The second-order valence-electron chi connectivity index (χ2n) is 5.26. The highest BCUT2D eigenvalue weighted by Gasteiger charge is 2.26. The number of phenolic OH excluding ortho intramolecular Hbond substituents is 1. The molecule has 0 radical (unpaired) electrons. The number of carbonyl (C=O) groups is 1. The molecular weight excluding hydrogens is 252 g/mol. The summed E-state index contributed by atoms with van der Waals surface area (Å²) < 4.78 is 0. The van der Waals surface area contributed by atoms with Crippen LogP contribution in [0.1, 0.15) is 24.8 Å². The number of hydrogen-bond acceptors (Lipinski definition) is 3. The van der Waals surface area contributed by atoms with E-state index in [9.17, 15) is 15.0 Å². The van der Waals surface area contributed by atoms with Crippen LogP contribution in [0.4, 0.5) is 0 Å². The number of aromatic hydroxyl groups is 1. The number of carbonyl (C=O) groups excluding carboxylic acids is 1. The minimum atomic E-state index is -0.331. The van der Waals surface area contributed by atoms with E-state index >= 15 is 0 Å². The van der Waals surface area contributed by atoms with Crippen LogP contribution in [-0.2, 0) is 4.79 Å². The third-order valence-electron chi connectivity index (χ3n) is 3.76. The molecule has 2 aliphatic rings. The summed E-state index contributed by atoms with van der Waals surface area (Å²) in [5.74, 6) is 0.227. The van der Waals surface area contributed by atoms with Crippen molar-refractivity contribution in [3.8, 4) is 5.75 Å². The van der Waals surface area contributed by atoms with Gasteiger partial charge in [0.1, 0.15) is 5.75 Å². The summed E-state index contributed by atoms with van der Waals surface area (Å²) >= 11 is 0. The van der Waals surface area contributed by atoms with Crippen molar-refractivity contribution in [2.75, 3.05) is 0 Å². The highest BCUT2D eigenvalue weighted by atomic mass is 16.3. The Kier molecular flexibility index (Phi) is 3.28. The van der Waals surface area contributed by atoms with Crippen LogP contribution >= 0.6 is 0 Å². The fraction of sp³-hybridized carbons (Fsp3) is 0.235. The molecule has 0 amide bonds. The van der Waals surface area contributed by atoms with Crippen molar-refractivity contribution in [1.82, 2.24) is 0 Å². The number of phenols is 1. The van der Waals surface area contributed by atoms with Crippen molar-refractivity contribution in [2.45, 2.75) is 25.4 Å². The molecule has 2 N–H and O–H groups in total. The van der Waals surface area contributed by atoms with E-state index in [1.165, 1.54) is 0 Å². The van der Waals surface area contributed by atoms with Crippen LogP contribution in [0, 0.1) is 0 Å². The molecule has 0 heterocycles. The maximum Gasteiger partial charge on any atom is 0.189 e. The van der Waals surface area contributed by atoms with Gasteiger partial charge in [-0.25, -0.2) is 0 Å². The molecule has 0 saturated heterocycles. The van der Waals surface area contributed by atoms with Gasteiger partial charge in [0.2, 0.25) is 0 Å². The predicted octanol–water partition coefficient (Wildman–Crippen LogP) is 2.76. The van der Waals surface area contributed by atoms with Crippen LogP contribution in [0.25, 0.3) is 6.08 Å². The maximum atomic E-state index is 12.4. The second-order valence-corrected chi connectivity index (χ2v) is 5.26. The monoisotopic (exact) mass is 268 g/mol. The molecule has 1 unspecified atom stereocenters. The molecule has 3 rings (SSSR count). The number of Topliss-reactive ketones (excluding diaryl/α,β-unsaturated/α-hetero) is 1. The molecule has 0 spiro atoms. The molecule has 1 atom stereocenters. The Bertz CT molecular complexity index is 650. The normalized spacial score (nSPS) is 24.1. The van der Waals surface area contributed by atoms with Gasteiger partial charge < -0.3 is 10.2 Å². The van der Waals surface area contributed by atoms with Gasteiger partial charge in [-0.2, -0.15) is 0 Å². The van der Waals surface area contributed by atoms with Gasteiger partial charge in [-0.15, -0.1) is 0 Å². The van der Waals surface area contributed by atoms with Gasteiger partial charge >= 0.3 is 0 Å². The Balaban J connectivity index is 1.92. The molecule has 0 aromatic heterocycles. The minimum absolute atomic E-state index is 0.0396. The first kappa shape index (κ1) is 12.9. The Morgan fingerprint density at radius 1 is 1.25 bits per heavy atom. The first-order valence-corrected chi connectivity index (χ1v) is 6.77. The average molecular weight is 268 g/mol. The molecule has 3 nitrogen and oxygen atoms in total. The van der Waals surface area contributed by atoms with E-state index in [1.807, 2.05) is 12.1 Å². The van der Waals surface area contributed by atoms with Gasteiger partial charge in [0.15, 0.2) is 5.78 Å². The number of allylic oxidation sites excluding steroid dienone is 4. The SMILES string of the molecule is O=C1C(=Cc2cccc(O)c2)C=CC2=C1CCC(O)C2. The zero-order valence-corrected chi connectivity index (χ0v) is 11.0. The van der Waals surface area contributed by atoms with Gasteiger partial charge in [-0.05, 0) is 48.6 Å². The Labute approximate surface area is 117 Å². The summed E-state index contributed by atoms with van der Waals surface area (Å²) in [5, 5.41) is 19.1. The van der Waals surface area contributed by atoms with Crippen LogP contribution in [0.2, 0.25) is 0 Å². The lowest BCUT2D eigenvalue weighted by Gasteiger charge is -2.24. The van der Waals surface area contributed by atoms with E-state index in [1.54, 1.807) is 30.4 Å². The van der Waals surface area contributed by atoms with Crippen LogP contribution in [-0.4, -0.2) is 22.1 Å². The summed E-state index contributed by atoms with van der Waals surface area (Å²) in [6.07, 6.45) is 7.03. The molecule has 102 valence electrons. The molecular formula is C17H16O3. The third-order valence-corrected chi connectivity index (χ3v) is 3.76. The van der Waals surface area contributed by atoms with Crippen molar-refractivity contribution in [3.63, 3.8) is 0 Å². The number of aliphatic hydroxyl groups is 1. The highest BCUT2D eigenvalue weighted by Crippen LogP contribution is 2.32. The topological polar surface area (TPSA) is 57.5 Å². The lowest BCUT2D eigenvalue weighted by Crippen LogP contribution is -2.21. The molecule has 20 heavy (non-hydrogen) atoms. The number of aliphatic hydroxyl groups excluding tert-OH is 1. The fourth-order valence-electron chi connectivity index (χ4n) is 2.73. The number of hydrogen-bond donors (Lipinski definition) is 2. The van der Waals surface area contributed by atoms with Gasteiger partial charge in [0.05, 0.1) is 6.10 Å². The average Bonchev–Trinajstić information content (AvgIpc) is 2.42. The number of rotatable bonds is 1. The summed E-state index contributed by atoms with van der Waals surface area (Å²) in [5.41, 5.74) is 3.22. The van der Waals surface area contributed by atoms with Gasteiger partial charge in [0, 0.05) is 11.1 Å². The Morgan fingerprint density at radius 2 is 2.10 bits per heavy atom. The first-order valence-electron chi connectivity index (χ1n) is 6.77. The van der Waals surface area contributed by atoms with Crippen molar-refractivity contribution >= 4 is 11.9 Å². The van der Waals surface area contributed by atoms with E-state index in [2.05, 4.69) is 0 Å². The third kappa shape index (κ3) is 2.45. The Morgan fingerprint density at radius 3 is 2.90 bits per heavy atom. The Hall–Kier alpha value is -2.13. The van der Waals surface area contributed by atoms with Crippen LogP contribution < -0.4 is 0 Å². The molecule has 3 heteroatoms. The molecule has 0 saturated carbocycles. The molecule has 0 aliphatic heterocycles. The van der Waals surface area contributed by atoms with Gasteiger partial charge in [-0.1, -0.05) is 24.3 Å². The predicted molar refractivity (Wildman–Crippen MR) is 77.1 cm³/mol. The lowest BCUT2D eigenvalue weighted by molar-refractivity contribution is -0.112. The van der Waals surface area contributed by atoms with E-state index in [0.29, 0.717) is 24.8 Å². The quantitative estimate of drug-likeness (QED) is 0.770. The second kappa shape index (κ2) is 5.10. The molecule has 0 fully saturated rings. The van der Waals surface area contributed by atoms with Gasteiger partial charge in [-0.3, -0.25) is 4.79 Å². The maximum absolute atomic E-state index is 12.4. The van der Waals surface area contributed by atoms with E-state index < -0.39 is 0 Å². The van der Waals surface area contributed by atoms with E-state index in [4.69, 9.17) is 0 Å². The number of benzene rings is 1. The highest BCUT2D eigenvalue weighted by molar-refractivity contribution is 6.14. The zero-order chi connectivity index (χ0) is 14.1. The van der Waals surface area contributed by atoms with Crippen molar-refractivity contribution in [2.24, 2.45) is 0 Å². The first-order chi connectivity index (χ1) is 9.63. The largest absolute Gasteiger partial charge is 0.508 e. The summed E-state index contributed by atoms with van der Waals surface area (Å²) in [6, 6.07) is 6.83. The molecule has 2 aliphatic carbocycles. The minimum Gasteiger partial charge on any atom is -0.508 e. The zero-order valence-electron chi connectivity index (χ0n) is 11.0. The fourth-order valence-corrected chi connectivity index (χ4v) is 2.73. The molecule has 1 aromatic rings.